The number of fused-ring (bicyclic) bond motifs is 1. The monoisotopic (exact) mass is 339 g/mol. The van der Waals surface area contributed by atoms with Gasteiger partial charge in [0.05, 0.1) is 10.9 Å². The van der Waals surface area contributed by atoms with E-state index in [1.807, 2.05) is 18.2 Å². The SMILES string of the molecule is CCN(CCC(=O)O)C(=O)c1cc2cccc(Br)c2o1. The van der Waals surface area contributed by atoms with Gasteiger partial charge in [0, 0.05) is 18.5 Å². The van der Waals surface area contributed by atoms with Crippen molar-refractivity contribution < 1.29 is 19.1 Å². The van der Waals surface area contributed by atoms with E-state index in [1.165, 1.54) is 4.90 Å². The Morgan fingerprint density at radius 2 is 2.15 bits per heavy atom. The van der Waals surface area contributed by atoms with Crippen molar-refractivity contribution in [2.24, 2.45) is 0 Å². The van der Waals surface area contributed by atoms with Gasteiger partial charge in [-0.15, -0.1) is 0 Å². The zero-order chi connectivity index (χ0) is 14.7. The Hall–Kier alpha value is -1.82. The fourth-order valence-electron chi connectivity index (χ4n) is 1.92. The lowest BCUT2D eigenvalue weighted by molar-refractivity contribution is -0.137. The van der Waals surface area contributed by atoms with Gasteiger partial charge in [-0.1, -0.05) is 12.1 Å². The minimum atomic E-state index is -0.927. The van der Waals surface area contributed by atoms with Gasteiger partial charge in [0.1, 0.15) is 5.58 Å². The number of hydrogen-bond acceptors (Lipinski definition) is 3. The first-order valence-electron chi connectivity index (χ1n) is 6.22. The zero-order valence-corrected chi connectivity index (χ0v) is 12.5. The molecule has 0 aliphatic rings. The molecule has 0 aliphatic heterocycles. The van der Waals surface area contributed by atoms with Crippen LogP contribution in [0.5, 0.6) is 0 Å². The van der Waals surface area contributed by atoms with Gasteiger partial charge in [-0.05, 0) is 35.0 Å². The van der Waals surface area contributed by atoms with Crippen LogP contribution in [0.15, 0.2) is 33.2 Å². The van der Waals surface area contributed by atoms with E-state index >= 15 is 0 Å². The molecule has 0 aliphatic carbocycles. The van der Waals surface area contributed by atoms with Crippen LogP contribution in [0.25, 0.3) is 11.0 Å². The van der Waals surface area contributed by atoms with E-state index < -0.39 is 5.97 Å². The molecular formula is C14H14BrNO4. The summed E-state index contributed by atoms with van der Waals surface area (Å²) in [5.74, 6) is -1.00. The molecule has 1 heterocycles. The van der Waals surface area contributed by atoms with Crippen molar-refractivity contribution in [3.8, 4) is 0 Å². The second-order valence-corrected chi connectivity index (χ2v) is 5.15. The van der Waals surface area contributed by atoms with Crippen molar-refractivity contribution in [1.29, 1.82) is 0 Å². The number of amides is 1. The summed E-state index contributed by atoms with van der Waals surface area (Å²) in [5, 5.41) is 9.52. The van der Waals surface area contributed by atoms with Crippen LogP contribution in [0.4, 0.5) is 0 Å². The number of carboxylic acid groups (broad SMARTS) is 1. The summed E-state index contributed by atoms with van der Waals surface area (Å²) in [6.07, 6.45) is -0.0799. The van der Waals surface area contributed by atoms with Crippen molar-refractivity contribution in [2.75, 3.05) is 13.1 Å². The van der Waals surface area contributed by atoms with Crippen LogP contribution in [0.2, 0.25) is 0 Å². The van der Waals surface area contributed by atoms with Gasteiger partial charge in [0.2, 0.25) is 0 Å². The molecule has 1 N–H and O–H groups in total. The molecule has 0 spiro atoms. The third kappa shape index (κ3) is 3.01. The van der Waals surface area contributed by atoms with E-state index in [2.05, 4.69) is 15.9 Å². The highest BCUT2D eigenvalue weighted by Crippen LogP contribution is 2.27. The molecule has 0 atom stereocenters. The number of carbonyl (C=O) groups is 2. The first-order chi connectivity index (χ1) is 9.52. The number of carboxylic acids is 1. The summed E-state index contributed by atoms with van der Waals surface area (Å²) in [6, 6.07) is 7.22. The molecule has 1 aromatic carbocycles. The number of hydrogen-bond donors (Lipinski definition) is 1. The number of furan rings is 1. The van der Waals surface area contributed by atoms with Crippen LogP contribution in [0, 0.1) is 0 Å². The van der Waals surface area contributed by atoms with Crippen LogP contribution in [0.1, 0.15) is 23.9 Å². The fourth-order valence-corrected chi connectivity index (χ4v) is 2.39. The Morgan fingerprint density at radius 3 is 2.75 bits per heavy atom. The number of carbonyl (C=O) groups excluding carboxylic acids is 1. The first-order valence-corrected chi connectivity index (χ1v) is 7.01. The maximum absolute atomic E-state index is 12.3. The third-order valence-corrected chi connectivity index (χ3v) is 3.60. The topological polar surface area (TPSA) is 70.8 Å². The molecule has 0 bridgehead atoms. The number of benzene rings is 1. The van der Waals surface area contributed by atoms with E-state index in [4.69, 9.17) is 9.52 Å². The quantitative estimate of drug-likeness (QED) is 0.908. The van der Waals surface area contributed by atoms with E-state index in [0.717, 1.165) is 9.86 Å². The van der Waals surface area contributed by atoms with Gasteiger partial charge in [-0.2, -0.15) is 0 Å². The molecule has 0 radical (unpaired) electrons. The van der Waals surface area contributed by atoms with Crippen LogP contribution < -0.4 is 0 Å². The highest BCUT2D eigenvalue weighted by molar-refractivity contribution is 9.10. The van der Waals surface area contributed by atoms with Crippen molar-refractivity contribution in [3.05, 3.63) is 34.5 Å². The van der Waals surface area contributed by atoms with Crippen LogP contribution in [-0.2, 0) is 4.79 Å². The normalized spacial score (nSPS) is 10.7. The number of halogens is 1. The molecule has 1 amide bonds. The zero-order valence-electron chi connectivity index (χ0n) is 10.9. The maximum atomic E-state index is 12.3. The third-order valence-electron chi connectivity index (χ3n) is 2.97. The first kappa shape index (κ1) is 14.6. The smallest absolute Gasteiger partial charge is 0.305 e. The van der Waals surface area contributed by atoms with Crippen molar-refractivity contribution in [2.45, 2.75) is 13.3 Å². The van der Waals surface area contributed by atoms with Gasteiger partial charge in [-0.25, -0.2) is 0 Å². The molecule has 0 fully saturated rings. The van der Waals surface area contributed by atoms with E-state index in [-0.39, 0.29) is 24.6 Å². The highest BCUT2D eigenvalue weighted by Gasteiger charge is 2.19. The molecule has 2 rings (SSSR count). The van der Waals surface area contributed by atoms with E-state index in [9.17, 15) is 9.59 Å². The Morgan fingerprint density at radius 1 is 1.40 bits per heavy atom. The van der Waals surface area contributed by atoms with Gasteiger partial charge < -0.3 is 14.4 Å². The van der Waals surface area contributed by atoms with Crippen molar-refractivity contribution in [3.63, 3.8) is 0 Å². The minimum Gasteiger partial charge on any atom is -0.481 e. The fraction of sp³-hybridized carbons (Fsp3) is 0.286. The van der Waals surface area contributed by atoms with E-state index in [0.29, 0.717) is 12.1 Å². The van der Waals surface area contributed by atoms with Gasteiger partial charge in [-0.3, -0.25) is 9.59 Å². The van der Waals surface area contributed by atoms with Gasteiger partial charge in [0.15, 0.2) is 5.76 Å². The molecule has 106 valence electrons. The minimum absolute atomic E-state index is 0.0799. The highest BCUT2D eigenvalue weighted by atomic mass is 79.9. The van der Waals surface area contributed by atoms with Gasteiger partial charge >= 0.3 is 5.97 Å². The summed E-state index contributed by atoms with van der Waals surface area (Å²) in [5.41, 5.74) is 0.616. The molecule has 2 aromatic rings. The predicted molar refractivity (Wildman–Crippen MR) is 77.7 cm³/mol. The number of para-hydroxylation sites is 1. The largest absolute Gasteiger partial charge is 0.481 e. The van der Waals surface area contributed by atoms with Crippen LogP contribution >= 0.6 is 15.9 Å². The molecule has 6 heteroatoms. The maximum Gasteiger partial charge on any atom is 0.305 e. The lowest BCUT2D eigenvalue weighted by Gasteiger charge is -2.18. The summed E-state index contributed by atoms with van der Waals surface area (Å²) in [4.78, 5) is 24.3. The second kappa shape index (κ2) is 6.09. The molecule has 0 unspecified atom stereocenters. The number of aliphatic carboxylic acids is 1. The standard InChI is InChI=1S/C14H14BrNO4/c1-2-16(7-6-12(17)18)14(19)11-8-9-4-3-5-10(15)13(9)20-11/h3-5,8H,2,6-7H2,1H3,(H,17,18). The Bertz CT molecular complexity index is 650. The summed E-state index contributed by atoms with van der Waals surface area (Å²) in [7, 11) is 0. The average Bonchev–Trinajstić information content (AvgIpc) is 2.84. The van der Waals surface area contributed by atoms with Crippen LogP contribution in [-0.4, -0.2) is 35.0 Å². The number of nitrogens with zero attached hydrogens (tertiary/aromatic N) is 1. The molecule has 0 saturated carbocycles. The Labute approximate surface area is 124 Å². The van der Waals surface area contributed by atoms with Crippen molar-refractivity contribution >= 4 is 38.8 Å². The average molecular weight is 340 g/mol. The Balaban J connectivity index is 2.25. The summed E-state index contributed by atoms with van der Waals surface area (Å²) in [6.45, 7) is 2.41. The van der Waals surface area contributed by atoms with E-state index in [1.54, 1.807) is 13.0 Å². The lowest BCUT2D eigenvalue weighted by atomic mass is 10.2. The van der Waals surface area contributed by atoms with Crippen molar-refractivity contribution in [1.82, 2.24) is 4.90 Å². The molecule has 20 heavy (non-hydrogen) atoms. The predicted octanol–water partition coefficient (Wildman–Crippen LogP) is 3.13. The second-order valence-electron chi connectivity index (χ2n) is 4.30. The van der Waals surface area contributed by atoms with Crippen LogP contribution in [0.3, 0.4) is 0 Å². The molecule has 1 aromatic heterocycles. The molecular weight excluding hydrogens is 326 g/mol. The Kier molecular flexibility index (Phi) is 4.44. The summed E-state index contributed by atoms with van der Waals surface area (Å²) >= 11 is 3.37. The molecule has 5 nitrogen and oxygen atoms in total. The number of rotatable bonds is 5. The molecule has 0 saturated heterocycles. The lowest BCUT2D eigenvalue weighted by Crippen LogP contribution is -2.32. The van der Waals surface area contributed by atoms with Gasteiger partial charge in [0.25, 0.3) is 5.91 Å². The summed E-state index contributed by atoms with van der Waals surface area (Å²) < 4.78 is 6.34.